The maximum Gasteiger partial charge on any atom is 0.303 e. The van der Waals surface area contributed by atoms with E-state index in [0.29, 0.717) is 0 Å². The van der Waals surface area contributed by atoms with Crippen molar-refractivity contribution in [2.24, 2.45) is 5.11 Å². The molecule has 8 nitrogen and oxygen atoms in total. The third-order valence-corrected chi connectivity index (χ3v) is 1.04. The zero-order valence-electron chi connectivity index (χ0n) is 5.95. The maximum absolute atomic E-state index is 10.0. The van der Waals surface area contributed by atoms with Crippen LogP contribution >= 0.6 is 0 Å². The second-order valence-corrected chi connectivity index (χ2v) is 1.90. The predicted octanol–water partition coefficient (Wildman–Crippen LogP) is 0.764. The highest BCUT2D eigenvalue weighted by molar-refractivity contribution is 5.66. The smallest absolute Gasteiger partial charge is 0.303 e. The van der Waals surface area contributed by atoms with Crippen molar-refractivity contribution in [1.82, 2.24) is 0 Å². The molecule has 0 spiro atoms. The molecule has 0 saturated carbocycles. The lowest BCUT2D eigenvalue weighted by molar-refractivity contribution is -0.521. The molecule has 0 aromatic carbocycles. The van der Waals surface area contributed by atoms with Crippen molar-refractivity contribution < 1.29 is 14.8 Å². The molecule has 0 rings (SSSR count). The van der Waals surface area contributed by atoms with Gasteiger partial charge in [0.15, 0.2) is 0 Å². The van der Waals surface area contributed by atoms with E-state index >= 15 is 0 Å². The quantitative estimate of drug-likeness (QED) is 0.217. The first kappa shape index (κ1) is 10.2. The number of hydrogen-bond acceptors (Lipinski definition) is 4. The summed E-state index contributed by atoms with van der Waals surface area (Å²) >= 11 is 0. The van der Waals surface area contributed by atoms with E-state index < -0.39 is 17.1 Å². The summed E-state index contributed by atoms with van der Waals surface area (Å²) in [5, 5.41) is 21.0. The Kier molecular flexibility index (Phi) is 4.17. The average Bonchev–Trinajstić information content (AvgIpc) is 1.96. The van der Waals surface area contributed by atoms with Gasteiger partial charge in [-0.3, -0.25) is 14.9 Å². The van der Waals surface area contributed by atoms with Crippen molar-refractivity contribution in [3.8, 4) is 0 Å². The van der Waals surface area contributed by atoms with Crippen LogP contribution in [0.4, 0.5) is 0 Å². The molecule has 0 aliphatic carbocycles. The molecule has 66 valence electrons. The van der Waals surface area contributed by atoms with Crippen LogP contribution in [0.15, 0.2) is 5.11 Å². The van der Waals surface area contributed by atoms with Gasteiger partial charge in [-0.2, -0.15) is 0 Å². The van der Waals surface area contributed by atoms with Crippen molar-refractivity contribution >= 4 is 5.97 Å². The fourth-order valence-corrected chi connectivity index (χ4v) is 0.517. The monoisotopic (exact) mass is 174 g/mol. The van der Waals surface area contributed by atoms with Gasteiger partial charge in [-0.25, -0.2) is 0 Å². The highest BCUT2D eigenvalue weighted by Gasteiger charge is 2.18. The van der Waals surface area contributed by atoms with Gasteiger partial charge in [0.2, 0.25) is 0 Å². The molecular weight excluding hydrogens is 168 g/mol. The average molecular weight is 174 g/mol. The summed E-state index contributed by atoms with van der Waals surface area (Å²) in [7, 11) is 0. The molecule has 0 fully saturated rings. The second kappa shape index (κ2) is 4.91. The zero-order chi connectivity index (χ0) is 9.56. The number of carbonyl (C=O) groups is 1. The Morgan fingerprint density at radius 1 is 1.83 bits per heavy atom. The van der Waals surface area contributed by atoms with Crippen LogP contribution in [0.25, 0.3) is 10.4 Å². The van der Waals surface area contributed by atoms with Crippen molar-refractivity contribution in [2.45, 2.75) is 19.0 Å². The van der Waals surface area contributed by atoms with Crippen LogP contribution in [0.5, 0.6) is 0 Å². The van der Waals surface area contributed by atoms with Crippen LogP contribution < -0.4 is 0 Å². The van der Waals surface area contributed by atoms with E-state index in [9.17, 15) is 14.9 Å². The predicted molar refractivity (Wildman–Crippen MR) is 36.8 cm³/mol. The first-order valence-electron chi connectivity index (χ1n) is 2.97. The van der Waals surface area contributed by atoms with E-state index in [1.807, 2.05) is 0 Å². The number of hydrogen-bond donors (Lipinski definition) is 1. The van der Waals surface area contributed by atoms with Gasteiger partial charge in [-0.15, -0.1) is 0 Å². The Hall–Kier alpha value is -1.82. The highest BCUT2D eigenvalue weighted by atomic mass is 16.6. The first-order valence-corrected chi connectivity index (χ1v) is 2.97. The van der Waals surface area contributed by atoms with Crippen LogP contribution in [-0.4, -0.2) is 22.2 Å². The van der Waals surface area contributed by atoms with Gasteiger partial charge in [0.1, 0.15) is 0 Å². The van der Waals surface area contributed by atoms with Gasteiger partial charge >= 0.3 is 5.97 Å². The first-order chi connectivity index (χ1) is 5.57. The summed E-state index contributed by atoms with van der Waals surface area (Å²) in [5.41, 5.74) is 7.86. The van der Waals surface area contributed by atoms with E-state index in [0.717, 1.165) is 0 Å². The lowest BCUT2D eigenvalue weighted by Gasteiger charge is -1.98. The SMILES string of the molecule is [N-]=[N+]=NC(CCC(=O)O)[N+](=O)[O-]. The maximum atomic E-state index is 10.0. The fourth-order valence-electron chi connectivity index (χ4n) is 0.517. The third-order valence-electron chi connectivity index (χ3n) is 1.04. The van der Waals surface area contributed by atoms with Crippen LogP contribution in [0.3, 0.4) is 0 Å². The number of azide groups is 1. The number of rotatable bonds is 5. The number of carboxylic acids is 1. The minimum absolute atomic E-state index is 0.285. The van der Waals surface area contributed by atoms with Crippen LogP contribution in [-0.2, 0) is 4.79 Å². The van der Waals surface area contributed by atoms with Crippen molar-refractivity contribution in [2.75, 3.05) is 0 Å². The number of carboxylic acid groups (broad SMARTS) is 1. The van der Waals surface area contributed by atoms with Crippen molar-refractivity contribution in [3.05, 3.63) is 20.6 Å². The van der Waals surface area contributed by atoms with Crippen LogP contribution in [0.2, 0.25) is 0 Å². The molecule has 0 aliphatic heterocycles. The lowest BCUT2D eigenvalue weighted by Crippen LogP contribution is -2.17. The molecule has 1 atom stereocenters. The summed E-state index contributed by atoms with van der Waals surface area (Å²) < 4.78 is 0. The van der Waals surface area contributed by atoms with Gasteiger partial charge in [0, 0.05) is 16.3 Å². The van der Waals surface area contributed by atoms with E-state index in [1.54, 1.807) is 0 Å². The minimum atomic E-state index is -1.48. The van der Waals surface area contributed by atoms with E-state index in [1.165, 1.54) is 0 Å². The largest absolute Gasteiger partial charge is 0.481 e. The van der Waals surface area contributed by atoms with Gasteiger partial charge < -0.3 is 5.11 Å². The summed E-state index contributed by atoms with van der Waals surface area (Å²) in [5.74, 6) is -1.16. The van der Waals surface area contributed by atoms with Crippen LogP contribution in [0.1, 0.15) is 12.8 Å². The number of aliphatic carboxylic acids is 1. The van der Waals surface area contributed by atoms with E-state index in [4.69, 9.17) is 10.6 Å². The topological polar surface area (TPSA) is 129 Å². The molecule has 8 heteroatoms. The Morgan fingerprint density at radius 3 is 2.75 bits per heavy atom. The third kappa shape index (κ3) is 4.07. The fraction of sp³-hybridized carbons (Fsp3) is 0.750. The second-order valence-electron chi connectivity index (χ2n) is 1.90. The molecule has 12 heavy (non-hydrogen) atoms. The van der Waals surface area contributed by atoms with Gasteiger partial charge in [0.25, 0.3) is 6.17 Å². The summed E-state index contributed by atoms with van der Waals surface area (Å²) in [4.78, 5) is 21.4. The molecule has 0 aliphatic rings. The van der Waals surface area contributed by atoms with E-state index in [2.05, 4.69) is 10.0 Å². The van der Waals surface area contributed by atoms with Gasteiger partial charge in [-0.1, -0.05) is 0 Å². The van der Waals surface area contributed by atoms with E-state index in [-0.39, 0.29) is 12.8 Å². The summed E-state index contributed by atoms with van der Waals surface area (Å²) in [6.07, 6.45) is -2.15. The number of nitrogens with zero attached hydrogens (tertiary/aromatic N) is 4. The van der Waals surface area contributed by atoms with Crippen molar-refractivity contribution in [1.29, 1.82) is 0 Å². The molecule has 0 radical (unpaired) electrons. The Balaban J connectivity index is 4.05. The summed E-state index contributed by atoms with van der Waals surface area (Å²) in [6.45, 7) is 0. The van der Waals surface area contributed by atoms with Gasteiger partial charge in [0.05, 0.1) is 6.42 Å². The Bertz CT molecular complexity index is 231. The molecule has 1 N–H and O–H groups in total. The van der Waals surface area contributed by atoms with Crippen molar-refractivity contribution in [3.63, 3.8) is 0 Å². The molecule has 0 aromatic heterocycles. The number of nitro groups is 1. The van der Waals surface area contributed by atoms with Crippen LogP contribution in [0, 0.1) is 10.1 Å². The molecule has 0 saturated heterocycles. The molecule has 0 bridgehead atoms. The normalized spacial score (nSPS) is 11.3. The Morgan fingerprint density at radius 2 is 2.42 bits per heavy atom. The molecule has 0 aromatic rings. The molecular formula is C4H6N4O4. The Labute approximate surface area is 66.6 Å². The van der Waals surface area contributed by atoms with Gasteiger partial charge in [-0.05, 0) is 10.6 Å². The highest BCUT2D eigenvalue weighted by Crippen LogP contribution is 2.02. The standard InChI is InChI=1S/C4H6N4O4/c5-7-6-3(8(11)12)1-2-4(9)10/h3H,1-2H2,(H,9,10). The molecule has 1 unspecified atom stereocenters. The molecule has 0 amide bonds. The minimum Gasteiger partial charge on any atom is -0.481 e. The summed E-state index contributed by atoms with van der Waals surface area (Å²) in [6, 6.07) is 0. The lowest BCUT2D eigenvalue weighted by atomic mass is 10.3. The zero-order valence-corrected chi connectivity index (χ0v) is 5.95. The molecule has 0 heterocycles.